The molecular weight excluding hydrogens is 198 g/mol. The zero-order chi connectivity index (χ0) is 12.0. The first kappa shape index (κ1) is 13.0. The molecule has 0 aliphatic heterocycles. The van der Waals surface area contributed by atoms with Crippen molar-refractivity contribution >= 4 is 5.69 Å². The van der Waals surface area contributed by atoms with Crippen molar-refractivity contribution in [2.24, 2.45) is 0 Å². The van der Waals surface area contributed by atoms with Crippen molar-refractivity contribution < 1.29 is 0 Å². The lowest BCUT2D eigenvalue weighted by atomic mass is 10.2. The van der Waals surface area contributed by atoms with Crippen molar-refractivity contribution in [3.8, 4) is 0 Å². The van der Waals surface area contributed by atoms with Crippen LogP contribution in [0.5, 0.6) is 0 Å². The maximum Gasteiger partial charge on any atom is 0.0442 e. The van der Waals surface area contributed by atoms with E-state index in [1.54, 1.807) is 0 Å². The summed E-state index contributed by atoms with van der Waals surface area (Å²) >= 11 is 0. The van der Waals surface area contributed by atoms with E-state index in [1.165, 1.54) is 11.3 Å². The first-order valence-corrected chi connectivity index (χ1v) is 6.06. The highest BCUT2D eigenvalue weighted by Gasteiger charge is 2.06. The van der Waals surface area contributed by atoms with E-state index in [9.17, 15) is 0 Å². The number of nitrogens with zero attached hydrogens (tertiary/aromatic N) is 2. The minimum atomic E-state index is 0.904. The second-order valence-electron chi connectivity index (χ2n) is 4.15. The highest BCUT2D eigenvalue weighted by atomic mass is 15.1. The van der Waals surface area contributed by atoms with Crippen LogP contribution in [-0.4, -0.2) is 25.1 Å². The van der Waals surface area contributed by atoms with E-state index in [0.29, 0.717) is 0 Å². The van der Waals surface area contributed by atoms with E-state index in [2.05, 4.69) is 42.2 Å². The topological polar surface area (TPSA) is 28.2 Å². The first-order chi connectivity index (χ1) is 7.69. The van der Waals surface area contributed by atoms with Gasteiger partial charge in [0.15, 0.2) is 0 Å². The Morgan fingerprint density at radius 1 is 1.38 bits per heavy atom. The Labute approximate surface area is 98.9 Å². The van der Waals surface area contributed by atoms with Gasteiger partial charge in [0.05, 0.1) is 0 Å². The molecule has 0 atom stereocenters. The number of hydrogen-bond acceptors (Lipinski definition) is 3. The van der Waals surface area contributed by atoms with Crippen molar-refractivity contribution in [3.63, 3.8) is 0 Å². The van der Waals surface area contributed by atoms with Gasteiger partial charge in [0, 0.05) is 43.3 Å². The number of rotatable bonds is 6. The van der Waals surface area contributed by atoms with Crippen LogP contribution in [0.15, 0.2) is 12.3 Å². The van der Waals surface area contributed by atoms with E-state index in [-0.39, 0.29) is 0 Å². The summed E-state index contributed by atoms with van der Waals surface area (Å²) in [6.45, 7) is 9.36. The van der Waals surface area contributed by atoms with Gasteiger partial charge in [-0.05, 0) is 32.9 Å². The standard InChI is InChI=1S/C13H23N3/c1-5-7-14-9-12-10-15-11(3)8-13(12)16(4)6-2/h8,10,14H,5-7,9H2,1-4H3. The lowest BCUT2D eigenvalue weighted by Gasteiger charge is -2.21. The molecule has 0 aromatic carbocycles. The minimum absolute atomic E-state index is 0.904. The van der Waals surface area contributed by atoms with Crippen molar-refractivity contribution in [1.29, 1.82) is 0 Å². The van der Waals surface area contributed by atoms with E-state index >= 15 is 0 Å². The monoisotopic (exact) mass is 221 g/mol. The van der Waals surface area contributed by atoms with Gasteiger partial charge in [0.1, 0.15) is 0 Å². The molecule has 16 heavy (non-hydrogen) atoms. The Bertz CT molecular complexity index is 323. The average Bonchev–Trinajstić information content (AvgIpc) is 2.30. The van der Waals surface area contributed by atoms with E-state index in [4.69, 9.17) is 0 Å². The summed E-state index contributed by atoms with van der Waals surface area (Å²) in [5, 5.41) is 3.42. The molecule has 0 saturated heterocycles. The quantitative estimate of drug-likeness (QED) is 0.747. The second kappa shape index (κ2) is 6.48. The maximum atomic E-state index is 4.37. The molecule has 0 bridgehead atoms. The van der Waals surface area contributed by atoms with Gasteiger partial charge >= 0.3 is 0 Å². The van der Waals surface area contributed by atoms with E-state index in [0.717, 1.165) is 31.7 Å². The Morgan fingerprint density at radius 3 is 2.75 bits per heavy atom. The van der Waals surface area contributed by atoms with Gasteiger partial charge in [0.2, 0.25) is 0 Å². The van der Waals surface area contributed by atoms with E-state index < -0.39 is 0 Å². The molecule has 1 rings (SSSR count). The summed E-state index contributed by atoms with van der Waals surface area (Å²) in [6, 6.07) is 2.16. The smallest absolute Gasteiger partial charge is 0.0442 e. The molecule has 1 aromatic heterocycles. The van der Waals surface area contributed by atoms with Crippen molar-refractivity contribution in [3.05, 3.63) is 23.5 Å². The van der Waals surface area contributed by atoms with Crippen LogP contribution in [0.4, 0.5) is 5.69 Å². The maximum absolute atomic E-state index is 4.37. The number of aromatic nitrogens is 1. The molecule has 0 fully saturated rings. The molecule has 0 amide bonds. The Balaban J connectivity index is 2.80. The molecule has 1 heterocycles. The van der Waals surface area contributed by atoms with Crippen LogP contribution in [0.3, 0.4) is 0 Å². The van der Waals surface area contributed by atoms with Crippen LogP contribution in [0.2, 0.25) is 0 Å². The normalized spacial score (nSPS) is 10.5. The first-order valence-electron chi connectivity index (χ1n) is 6.06. The number of pyridine rings is 1. The van der Waals surface area contributed by atoms with E-state index in [1.807, 2.05) is 13.1 Å². The molecule has 1 N–H and O–H groups in total. The minimum Gasteiger partial charge on any atom is -0.375 e. The molecule has 0 radical (unpaired) electrons. The van der Waals surface area contributed by atoms with Crippen LogP contribution in [0.1, 0.15) is 31.5 Å². The fourth-order valence-corrected chi connectivity index (χ4v) is 1.64. The fraction of sp³-hybridized carbons (Fsp3) is 0.615. The molecule has 0 aliphatic carbocycles. The molecule has 90 valence electrons. The molecule has 3 heteroatoms. The predicted octanol–water partition coefficient (Wildman–Crippen LogP) is 2.35. The number of nitrogens with one attached hydrogen (secondary N) is 1. The lowest BCUT2D eigenvalue weighted by molar-refractivity contribution is 0.672. The summed E-state index contributed by atoms with van der Waals surface area (Å²) in [6.07, 6.45) is 3.15. The van der Waals surface area contributed by atoms with Crippen molar-refractivity contribution in [2.75, 3.05) is 25.0 Å². The summed E-state index contributed by atoms with van der Waals surface area (Å²) in [5.74, 6) is 0. The molecule has 0 aliphatic rings. The van der Waals surface area contributed by atoms with Crippen LogP contribution in [-0.2, 0) is 6.54 Å². The average molecular weight is 221 g/mol. The van der Waals surface area contributed by atoms with Gasteiger partial charge in [-0.2, -0.15) is 0 Å². The van der Waals surface area contributed by atoms with Gasteiger partial charge in [-0.3, -0.25) is 4.98 Å². The SMILES string of the molecule is CCCNCc1cnc(C)cc1N(C)CC. The van der Waals surface area contributed by atoms with Crippen LogP contribution < -0.4 is 10.2 Å². The van der Waals surface area contributed by atoms with Crippen molar-refractivity contribution in [1.82, 2.24) is 10.3 Å². The zero-order valence-electron chi connectivity index (χ0n) is 10.9. The van der Waals surface area contributed by atoms with Crippen LogP contribution >= 0.6 is 0 Å². The second-order valence-corrected chi connectivity index (χ2v) is 4.15. The van der Waals surface area contributed by atoms with Gasteiger partial charge in [-0.25, -0.2) is 0 Å². The largest absolute Gasteiger partial charge is 0.375 e. The van der Waals surface area contributed by atoms with Crippen molar-refractivity contribution in [2.45, 2.75) is 33.7 Å². The third-order valence-corrected chi connectivity index (χ3v) is 2.73. The van der Waals surface area contributed by atoms with Gasteiger partial charge in [-0.15, -0.1) is 0 Å². The third-order valence-electron chi connectivity index (χ3n) is 2.73. The van der Waals surface area contributed by atoms with Gasteiger partial charge in [0.25, 0.3) is 0 Å². The molecule has 3 nitrogen and oxygen atoms in total. The number of hydrogen-bond donors (Lipinski definition) is 1. The number of anilines is 1. The highest BCUT2D eigenvalue weighted by molar-refractivity contribution is 5.52. The Kier molecular flexibility index (Phi) is 5.26. The molecular formula is C13H23N3. The van der Waals surface area contributed by atoms with Crippen LogP contribution in [0.25, 0.3) is 0 Å². The van der Waals surface area contributed by atoms with Gasteiger partial charge in [-0.1, -0.05) is 6.92 Å². The van der Waals surface area contributed by atoms with Crippen LogP contribution in [0, 0.1) is 6.92 Å². The zero-order valence-corrected chi connectivity index (χ0v) is 10.9. The summed E-state index contributed by atoms with van der Waals surface area (Å²) < 4.78 is 0. The van der Waals surface area contributed by atoms with Gasteiger partial charge < -0.3 is 10.2 Å². The summed E-state index contributed by atoms with van der Waals surface area (Å²) in [7, 11) is 2.12. The summed E-state index contributed by atoms with van der Waals surface area (Å²) in [4.78, 5) is 6.63. The highest BCUT2D eigenvalue weighted by Crippen LogP contribution is 2.19. The molecule has 0 spiro atoms. The summed E-state index contributed by atoms with van der Waals surface area (Å²) in [5.41, 5.74) is 3.65. The Morgan fingerprint density at radius 2 is 2.12 bits per heavy atom. The molecule has 1 aromatic rings. The Hall–Kier alpha value is -1.09. The fourth-order valence-electron chi connectivity index (χ4n) is 1.64. The molecule has 0 unspecified atom stereocenters. The molecule has 0 saturated carbocycles. The third kappa shape index (κ3) is 3.49. The predicted molar refractivity (Wildman–Crippen MR) is 69.9 cm³/mol. The number of aryl methyl sites for hydroxylation is 1. The lowest BCUT2D eigenvalue weighted by Crippen LogP contribution is -2.21.